The van der Waals surface area contributed by atoms with E-state index in [-0.39, 0.29) is 42.3 Å². The summed E-state index contributed by atoms with van der Waals surface area (Å²) in [6, 6.07) is 12.0. The molecular weight excluding hydrogens is 383 g/mol. The zero-order chi connectivity index (χ0) is 20.3. The van der Waals surface area contributed by atoms with Gasteiger partial charge in [-0.2, -0.15) is 4.31 Å². The smallest absolute Gasteiger partial charge is 0.251 e. The molecule has 28 heavy (non-hydrogen) atoms. The number of halogens is 1. The van der Waals surface area contributed by atoms with Gasteiger partial charge in [-0.15, -0.1) is 0 Å². The third-order valence-corrected chi connectivity index (χ3v) is 6.34. The predicted molar refractivity (Wildman–Crippen MR) is 103 cm³/mol. The van der Waals surface area contributed by atoms with Crippen molar-refractivity contribution >= 4 is 15.9 Å². The van der Waals surface area contributed by atoms with Crippen molar-refractivity contribution in [3.05, 3.63) is 65.5 Å². The maximum atomic E-state index is 13.7. The topological polar surface area (TPSA) is 75.7 Å². The average Bonchev–Trinajstić information content (AvgIpc) is 2.66. The van der Waals surface area contributed by atoms with Crippen molar-refractivity contribution in [1.82, 2.24) is 9.62 Å². The fourth-order valence-corrected chi connectivity index (χ4v) is 4.83. The van der Waals surface area contributed by atoms with Crippen molar-refractivity contribution in [3.63, 3.8) is 0 Å². The number of morpholine rings is 1. The zero-order valence-electron chi connectivity index (χ0n) is 15.8. The van der Waals surface area contributed by atoms with Crippen LogP contribution in [0.3, 0.4) is 0 Å². The molecule has 1 N–H and O–H groups in total. The van der Waals surface area contributed by atoms with E-state index in [1.807, 2.05) is 13.8 Å². The van der Waals surface area contributed by atoms with Crippen LogP contribution in [-0.2, 0) is 21.3 Å². The number of nitrogens with one attached hydrogen (secondary N) is 1. The van der Waals surface area contributed by atoms with E-state index in [4.69, 9.17) is 4.74 Å². The van der Waals surface area contributed by atoms with Gasteiger partial charge >= 0.3 is 0 Å². The molecule has 3 rings (SSSR count). The van der Waals surface area contributed by atoms with Crippen LogP contribution < -0.4 is 5.32 Å². The summed E-state index contributed by atoms with van der Waals surface area (Å²) in [5.41, 5.74) is 0.558. The van der Waals surface area contributed by atoms with Crippen molar-refractivity contribution < 1.29 is 22.3 Å². The molecule has 0 spiro atoms. The summed E-state index contributed by atoms with van der Waals surface area (Å²) in [5, 5.41) is 2.62. The van der Waals surface area contributed by atoms with E-state index in [9.17, 15) is 17.6 Å². The molecule has 1 saturated heterocycles. The number of hydrogen-bond donors (Lipinski definition) is 1. The normalized spacial score (nSPS) is 20.7. The van der Waals surface area contributed by atoms with Gasteiger partial charge in [-0.25, -0.2) is 12.8 Å². The van der Waals surface area contributed by atoms with Crippen LogP contribution in [0, 0.1) is 5.82 Å². The van der Waals surface area contributed by atoms with Crippen molar-refractivity contribution in [1.29, 1.82) is 0 Å². The Balaban J connectivity index is 1.76. The summed E-state index contributed by atoms with van der Waals surface area (Å²) in [4.78, 5) is 12.5. The van der Waals surface area contributed by atoms with Gasteiger partial charge in [-0.3, -0.25) is 4.79 Å². The number of carbonyl (C=O) groups excluding carboxylic acids is 1. The van der Waals surface area contributed by atoms with Crippen molar-refractivity contribution in [2.24, 2.45) is 0 Å². The zero-order valence-corrected chi connectivity index (χ0v) is 16.6. The molecule has 1 amide bonds. The van der Waals surface area contributed by atoms with Crippen molar-refractivity contribution in [2.45, 2.75) is 37.5 Å². The average molecular weight is 406 g/mol. The molecule has 1 heterocycles. The molecule has 2 aromatic rings. The van der Waals surface area contributed by atoms with E-state index in [2.05, 4.69) is 5.32 Å². The first kappa shape index (κ1) is 20.4. The molecule has 0 aliphatic carbocycles. The second-order valence-electron chi connectivity index (χ2n) is 6.88. The number of rotatable bonds is 5. The van der Waals surface area contributed by atoms with Gasteiger partial charge in [0.1, 0.15) is 5.82 Å². The standard InChI is InChI=1S/C20H23FN2O4S/c1-14-12-23(13-15(2)27-14)28(25,26)18-8-5-7-16(10-18)20(24)22-11-17-6-3-4-9-19(17)21/h3-10,14-15H,11-13H2,1-2H3,(H,22,24)/t14-,15-/m0/s1. The molecule has 8 heteroatoms. The first-order chi connectivity index (χ1) is 13.3. The Bertz CT molecular complexity index is 954. The molecule has 0 saturated carbocycles. The molecule has 1 fully saturated rings. The van der Waals surface area contributed by atoms with Crippen LogP contribution in [0.25, 0.3) is 0 Å². The summed E-state index contributed by atoms with van der Waals surface area (Å²) in [6.07, 6.45) is -0.406. The molecule has 150 valence electrons. The van der Waals surface area contributed by atoms with Gasteiger partial charge < -0.3 is 10.1 Å². The molecule has 0 aromatic heterocycles. The lowest BCUT2D eigenvalue weighted by atomic mass is 10.2. The minimum Gasteiger partial charge on any atom is -0.373 e. The van der Waals surface area contributed by atoms with Crippen LogP contribution in [0.5, 0.6) is 0 Å². The van der Waals surface area contributed by atoms with E-state index in [1.165, 1.54) is 34.6 Å². The summed E-state index contributed by atoms with van der Waals surface area (Å²) in [5.74, 6) is -0.876. The number of nitrogens with zero attached hydrogens (tertiary/aromatic N) is 1. The summed E-state index contributed by atoms with van der Waals surface area (Å²) in [7, 11) is -3.74. The fourth-order valence-electron chi connectivity index (χ4n) is 3.19. The lowest BCUT2D eigenvalue weighted by Crippen LogP contribution is -2.48. The first-order valence-electron chi connectivity index (χ1n) is 9.04. The number of ether oxygens (including phenoxy) is 1. The lowest BCUT2D eigenvalue weighted by molar-refractivity contribution is -0.0440. The Hall–Kier alpha value is -2.29. The highest BCUT2D eigenvalue weighted by molar-refractivity contribution is 7.89. The summed E-state index contributed by atoms with van der Waals surface area (Å²) < 4.78 is 46.6. The van der Waals surface area contributed by atoms with E-state index in [1.54, 1.807) is 18.2 Å². The van der Waals surface area contributed by atoms with Crippen LogP contribution in [0.15, 0.2) is 53.4 Å². The second kappa shape index (κ2) is 8.38. The second-order valence-corrected chi connectivity index (χ2v) is 8.82. The third kappa shape index (κ3) is 4.57. The first-order valence-corrected chi connectivity index (χ1v) is 10.5. The lowest BCUT2D eigenvalue weighted by Gasteiger charge is -2.34. The molecule has 1 aliphatic rings. The monoisotopic (exact) mass is 406 g/mol. The number of carbonyl (C=O) groups is 1. The molecule has 6 nitrogen and oxygen atoms in total. The maximum Gasteiger partial charge on any atom is 0.251 e. The number of amides is 1. The molecule has 0 bridgehead atoms. The van der Waals surface area contributed by atoms with Crippen LogP contribution in [0.2, 0.25) is 0 Å². The van der Waals surface area contributed by atoms with E-state index in [0.29, 0.717) is 5.56 Å². The van der Waals surface area contributed by atoms with Crippen LogP contribution in [-0.4, -0.2) is 43.9 Å². The van der Waals surface area contributed by atoms with Crippen LogP contribution in [0.4, 0.5) is 4.39 Å². The van der Waals surface area contributed by atoms with Gasteiger partial charge in [0.05, 0.1) is 17.1 Å². The Morgan fingerprint density at radius 1 is 1.14 bits per heavy atom. The van der Waals surface area contributed by atoms with E-state index in [0.717, 1.165) is 0 Å². The third-order valence-electron chi connectivity index (χ3n) is 4.52. The van der Waals surface area contributed by atoms with E-state index >= 15 is 0 Å². The minimum absolute atomic E-state index is 0.0149. The van der Waals surface area contributed by atoms with Crippen molar-refractivity contribution in [3.8, 4) is 0 Å². The van der Waals surface area contributed by atoms with Gasteiger partial charge in [0.25, 0.3) is 5.91 Å². The van der Waals surface area contributed by atoms with Gasteiger partial charge in [0.15, 0.2) is 0 Å². The Morgan fingerprint density at radius 2 is 1.82 bits per heavy atom. The van der Waals surface area contributed by atoms with Gasteiger partial charge in [0, 0.05) is 30.8 Å². The van der Waals surface area contributed by atoms with Crippen LogP contribution >= 0.6 is 0 Å². The van der Waals surface area contributed by atoms with Crippen LogP contribution in [0.1, 0.15) is 29.8 Å². The Morgan fingerprint density at radius 3 is 2.50 bits per heavy atom. The highest BCUT2D eigenvalue weighted by Gasteiger charge is 2.32. The molecule has 0 unspecified atom stereocenters. The highest BCUT2D eigenvalue weighted by Crippen LogP contribution is 2.22. The maximum absolute atomic E-state index is 13.7. The van der Waals surface area contributed by atoms with Crippen molar-refractivity contribution in [2.75, 3.05) is 13.1 Å². The summed E-state index contributed by atoms with van der Waals surface area (Å²) >= 11 is 0. The highest BCUT2D eigenvalue weighted by atomic mass is 32.2. The number of hydrogen-bond acceptors (Lipinski definition) is 4. The van der Waals surface area contributed by atoms with Gasteiger partial charge in [-0.05, 0) is 38.1 Å². The quantitative estimate of drug-likeness (QED) is 0.828. The van der Waals surface area contributed by atoms with Gasteiger partial charge in [0.2, 0.25) is 10.0 Å². The van der Waals surface area contributed by atoms with Gasteiger partial charge in [-0.1, -0.05) is 24.3 Å². The molecule has 2 atom stereocenters. The molecule has 2 aromatic carbocycles. The SMILES string of the molecule is C[C@H]1CN(S(=O)(=O)c2cccc(C(=O)NCc3ccccc3F)c2)C[C@H](C)O1. The molecule has 0 radical (unpaired) electrons. The van der Waals surface area contributed by atoms with E-state index < -0.39 is 21.7 Å². The fraction of sp³-hybridized carbons (Fsp3) is 0.350. The predicted octanol–water partition coefficient (Wildman–Crippen LogP) is 2.55. The minimum atomic E-state index is -3.74. The molecule has 1 aliphatic heterocycles. The molecular formula is C20H23FN2O4S. The Kier molecular flexibility index (Phi) is 6.12. The number of sulfonamides is 1. The largest absolute Gasteiger partial charge is 0.373 e. The Labute approximate surface area is 164 Å². The number of benzene rings is 2. The summed E-state index contributed by atoms with van der Waals surface area (Å²) in [6.45, 7) is 4.18.